The molecular weight excluding hydrogens is 178 g/mol. The van der Waals surface area contributed by atoms with E-state index >= 15 is 0 Å². The summed E-state index contributed by atoms with van der Waals surface area (Å²) in [4.78, 5) is 10.1. The van der Waals surface area contributed by atoms with Crippen molar-refractivity contribution in [3.8, 4) is 0 Å². The number of nitrogens with zero attached hydrogens (tertiary/aromatic N) is 1. The average Bonchev–Trinajstić information content (AvgIpc) is 2.07. The van der Waals surface area contributed by atoms with Gasteiger partial charge in [-0.3, -0.25) is 10.1 Å². The van der Waals surface area contributed by atoms with Crippen LogP contribution in [0.3, 0.4) is 0 Å². The Labute approximate surface area is 83.9 Å². The molecule has 0 saturated heterocycles. The van der Waals surface area contributed by atoms with Gasteiger partial charge in [-0.05, 0) is 30.4 Å². The second-order valence-corrected chi connectivity index (χ2v) is 3.97. The highest BCUT2D eigenvalue weighted by molar-refractivity contribution is 5.39. The van der Waals surface area contributed by atoms with Crippen LogP contribution in [0.1, 0.15) is 25.0 Å². The molecule has 0 radical (unpaired) electrons. The van der Waals surface area contributed by atoms with Gasteiger partial charge in [-0.1, -0.05) is 19.9 Å². The van der Waals surface area contributed by atoms with Crippen LogP contribution in [-0.4, -0.2) is 4.92 Å². The van der Waals surface area contributed by atoms with Crippen LogP contribution in [-0.2, 0) is 6.42 Å². The maximum atomic E-state index is 10.5. The van der Waals surface area contributed by atoms with E-state index in [9.17, 15) is 10.1 Å². The zero-order valence-electron chi connectivity index (χ0n) is 8.78. The summed E-state index contributed by atoms with van der Waals surface area (Å²) in [7, 11) is 0. The van der Waals surface area contributed by atoms with Crippen molar-refractivity contribution in [3.63, 3.8) is 0 Å². The molecule has 1 aromatic rings. The van der Waals surface area contributed by atoms with Crippen LogP contribution < -0.4 is 0 Å². The standard InChI is InChI=1S/C11H15NO2/c1-8(2)6-10-4-5-11(12(13)14)7-9(10)3/h4-5,7-8H,6H2,1-3H3. The third kappa shape index (κ3) is 2.55. The van der Waals surface area contributed by atoms with Gasteiger partial charge in [-0.2, -0.15) is 0 Å². The SMILES string of the molecule is Cc1cc([N+](=O)[O-])ccc1CC(C)C. The van der Waals surface area contributed by atoms with Crippen LogP contribution in [0.15, 0.2) is 18.2 Å². The molecule has 1 aromatic carbocycles. The molecular formula is C11H15NO2. The molecule has 0 aliphatic heterocycles. The van der Waals surface area contributed by atoms with E-state index in [0.717, 1.165) is 12.0 Å². The summed E-state index contributed by atoms with van der Waals surface area (Å²) in [5.74, 6) is 0.579. The van der Waals surface area contributed by atoms with Crippen molar-refractivity contribution < 1.29 is 4.92 Å². The summed E-state index contributed by atoms with van der Waals surface area (Å²) in [6.45, 7) is 6.20. The first-order valence-corrected chi connectivity index (χ1v) is 4.74. The van der Waals surface area contributed by atoms with E-state index in [2.05, 4.69) is 13.8 Å². The first kappa shape index (κ1) is 10.7. The van der Waals surface area contributed by atoms with E-state index in [1.807, 2.05) is 13.0 Å². The predicted octanol–water partition coefficient (Wildman–Crippen LogP) is 3.10. The van der Waals surface area contributed by atoms with Crippen molar-refractivity contribution >= 4 is 5.69 Å². The molecule has 3 heteroatoms. The van der Waals surface area contributed by atoms with Gasteiger partial charge in [0.15, 0.2) is 0 Å². The van der Waals surface area contributed by atoms with Gasteiger partial charge in [-0.25, -0.2) is 0 Å². The van der Waals surface area contributed by atoms with Crippen molar-refractivity contribution in [1.29, 1.82) is 0 Å². The minimum Gasteiger partial charge on any atom is -0.258 e. The largest absolute Gasteiger partial charge is 0.269 e. The topological polar surface area (TPSA) is 43.1 Å². The predicted molar refractivity (Wildman–Crippen MR) is 56.4 cm³/mol. The second kappa shape index (κ2) is 4.22. The molecule has 0 aromatic heterocycles. The van der Waals surface area contributed by atoms with Crippen LogP contribution in [0.4, 0.5) is 5.69 Å². The van der Waals surface area contributed by atoms with Crippen LogP contribution in [0, 0.1) is 23.0 Å². The van der Waals surface area contributed by atoms with E-state index in [1.54, 1.807) is 12.1 Å². The Hall–Kier alpha value is -1.38. The molecule has 0 saturated carbocycles. The first-order chi connectivity index (χ1) is 6.50. The molecule has 0 heterocycles. The maximum absolute atomic E-state index is 10.5. The molecule has 0 unspecified atom stereocenters. The first-order valence-electron chi connectivity index (χ1n) is 4.74. The Morgan fingerprint density at radius 3 is 2.50 bits per heavy atom. The highest BCUT2D eigenvalue weighted by Gasteiger charge is 2.08. The molecule has 0 aliphatic rings. The molecule has 1 rings (SSSR count). The van der Waals surface area contributed by atoms with Gasteiger partial charge in [0.05, 0.1) is 4.92 Å². The fourth-order valence-electron chi connectivity index (χ4n) is 1.46. The fraction of sp³-hybridized carbons (Fsp3) is 0.455. The molecule has 0 fully saturated rings. The molecule has 0 aliphatic carbocycles. The highest BCUT2D eigenvalue weighted by Crippen LogP contribution is 2.19. The van der Waals surface area contributed by atoms with E-state index in [0.29, 0.717) is 5.92 Å². The van der Waals surface area contributed by atoms with Gasteiger partial charge in [0.1, 0.15) is 0 Å². The average molecular weight is 193 g/mol. The van der Waals surface area contributed by atoms with E-state index < -0.39 is 0 Å². The van der Waals surface area contributed by atoms with Gasteiger partial charge < -0.3 is 0 Å². The second-order valence-electron chi connectivity index (χ2n) is 3.97. The number of aryl methyl sites for hydroxylation is 1. The fourth-order valence-corrected chi connectivity index (χ4v) is 1.46. The van der Waals surface area contributed by atoms with Gasteiger partial charge in [0, 0.05) is 12.1 Å². The van der Waals surface area contributed by atoms with Crippen LogP contribution in [0.2, 0.25) is 0 Å². The van der Waals surface area contributed by atoms with E-state index in [1.165, 1.54) is 5.56 Å². The van der Waals surface area contributed by atoms with Gasteiger partial charge >= 0.3 is 0 Å². The minimum absolute atomic E-state index is 0.176. The molecule has 0 spiro atoms. The highest BCUT2D eigenvalue weighted by atomic mass is 16.6. The summed E-state index contributed by atoms with van der Waals surface area (Å²) in [5, 5.41) is 10.5. The molecule has 0 atom stereocenters. The van der Waals surface area contributed by atoms with E-state index in [4.69, 9.17) is 0 Å². The summed E-state index contributed by atoms with van der Waals surface area (Å²) in [5.41, 5.74) is 2.38. The lowest BCUT2D eigenvalue weighted by molar-refractivity contribution is -0.384. The summed E-state index contributed by atoms with van der Waals surface area (Å²) >= 11 is 0. The van der Waals surface area contributed by atoms with Crippen molar-refractivity contribution in [2.24, 2.45) is 5.92 Å². The van der Waals surface area contributed by atoms with Crippen molar-refractivity contribution in [1.82, 2.24) is 0 Å². The smallest absolute Gasteiger partial charge is 0.258 e. The van der Waals surface area contributed by atoms with Gasteiger partial charge in [0.2, 0.25) is 0 Å². The van der Waals surface area contributed by atoms with Gasteiger partial charge in [-0.15, -0.1) is 0 Å². The number of nitro benzene ring substituents is 1. The molecule has 14 heavy (non-hydrogen) atoms. The van der Waals surface area contributed by atoms with Crippen LogP contribution >= 0.6 is 0 Å². The number of non-ortho nitro benzene ring substituents is 1. The maximum Gasteiger partial charge on any atom is 0.269 e. The van der Waals surface area contributed by atoms with Crippen LogP contribution in [0.5, 0.6) is 0 Å². The number of hydrogen-bond acceptors (Lipinski definition) is 2. The van der Waals surface area contributed by atoms with Gasteiger partial charge in [0.25, 0.3) is 5.69 Å². The lowest BCUT2D eigenvalue weighted by Gasteiger charge is -2.07. The molecule has 3 nitrogen and oxygen atoms in total. The third-order valence-electron chi connectivity index (χ3n) is 2.17. The number of hydrogen-bond donors (Lipinski definition) is 0. The number of nitro groups is 1. The monoisotopic (exact) mass is 193 g/mol. The Morgan fingerprint density at radius 2 is 2.07 bits per heavy atom. The van der Waals surface area contributed by atoms with E-state index in [-0.39, 0.29) is 10.6 Å². The molecule has 76 valence electrons. The van der Waals surface area contributed by atoms with Crippen molar-refractivity contribution in [2.45, 2.75) is 27.2 Å². The molecule has 0 amide bonds. The lowest BCUT2D eigenvalue weighted by atomic mass is 9.98. The normalized spacial score (nSPS) is 10.6. The number of benzene rings is 1. The number of rotatable bonds is 3. The summed E-state index contributed by atoms with van der Waals surface area (Å²) < 4.78 is 0. The van der Waals surface area contributed by atoms with Crippen molar-refractivity contribution in [3.05, 3.63) is 39.4 Å². The minimum atomic E-state index is -0.355. The zero-order chi connectivity index (χ0) is 10.7. The Kier molecular flexibility index (Phi) is 3.23. The van der Waals surface area contributed by atoms with Crippen LogP contribution in [0.25, 0.3) is 0 Å². The summed E-state index contributed by atoms with van der Waals surface area (Å²) in [6, 6.07) is 5.07. The quantitative estimate of drug-likeness (QED) is 0.546. The zero-order valence-corrected chi connectivity index (χ0v) is 8.78. The molecule has 0 N–H and O–H groups in total. The lowest BCUT2D eigenvalue weighted by Crippen LogP contribution is -1.98. The Bertz CT molecular complexity index is 345. The van der Waals surface area contributed by atoms with Crippen molar-refractivity contribution in [2.75, 3.05) is 0 Å². The summed E-state index contributed by atoms with van der Waals surface area (Å²) in [6.07, 6.45) is 0.976. The Morgan fingerprint density at radius 1 is 1.43 bits per heavy atom. The Balaban J connectivity index is 2.95. The molecule has 0 bridgehead atoms. The third-order valence-corrected chi connectivity index (χ3v) is 2.17.